The molecule has 0 aromatic heterocycles. The van der Waals surface area contributed by atoms with E-state index in [2.05, 4.69) is 4.85 Å². The fourth-order valence-electron chi connectivity index (χ4n) is 4.00. The number of likely N-dealkylation sites (tertiary alicyclic amines) is 1. The molecular weight excluding hydrogens is 390 g/mol. The van der Waals surface area contributed by atoms with Crippen molar-refractivity contribution in [1.82, 2.24) is 4.90 Å². The van der Waals surface area contributed by atoms with E-state index in [4.69, 9.17) is 6.57 Å². The summed E-state index contributed by atoms with van der Waals surface area (Å²) in [4.78, 5) is 30.1. The molecule has 5 nitrogen and oxygen atoms in total. The number of halogens is 2. The number of nitrogens with zero attached hydrogens (tertiary/aromatic N) is 2. The lowest BCUT2D eigenvalue weighted by Gasteiger charge is -2.18. The Balaban J connectivity index is 1.84. The van der Waals surface area contributed by atoms with E-state index in [0.717, 1.165) is 0 Å². The number of amides is 1. The summed E-state index contributed by atoms with van der Waals surface area (Å²) in [6.07, 6.45) is -0.0869. The third-order valence-corrected chi connectivity index (χ3v) is 5.41. The van der Waals surface area contributed by atoms with Crippen molar-refractivity contribution >= 4 is 17.4 Å². The molecule has 2 atom stereocenters. The number of hydrogen-bond donors (Lipinski definition) is 1. The van der Waals surface area contributed by atoms with Gasteiger partial charge in [0.05, 0.1) is 19.1 Å². The maximum absolute atomic E-state index is 14.6. The first-order valence-corrected chi connectivity index (χ1v) is 9.67. The van der Waals surface area contributed by atoms with E-state index in [1.54, 1.807) is 31.2 Å². The number of aryl methyl sites for hydroxylation is 1. The third-order valence-electron chi connectivity index (χ3n) is 5.41. The molecule has 156 valence electrons. The molecule has 1 saturated heterocycles. The first kappa shape index (κ1) is 21.6. The van der Waals surface area contributed by atoms with Crippen molar-refractivity contribution < 1.29 is 23.5 Å². The standard InChI is InChI=1S/C23H22F2N2O3/c1-14-9-20(24)22(21(25)10-14)19-13-27(7-8-28)23(30)18(19)12-17(29)11-15-3-5-16(26-2)6-4-15/h3-6,9-10,18-19,28H,7-8,11-13H2,1H3/t18-,19+/m0/s1. The molecule has 1 amide bonds. The lowest BCUT2D eigenvalue weighted by molar-refractivity contribution is -0.134. The zero-order valence-corrected chi connectivity index (χ0v) is 16.6. The average molecular weight is 412 g/mol. The molecule has 30 heavy (non-hydrogen) atoms. The van der Waals surface area contributed by atoms with Crippen molar-refractivity contribution in [3.8, 4) is 0 Å². The number of ketones is 1. The Labute approximate surface area is 173 Å². The second kappa shape index (κ2) is 9.14. The van der Waals surface area contributed by atoms with E-state index in [9.17, 15) is 23.5 Å². The number of hydrogen-bond acceptors (Lipinski definition) is 3. The molecule has 1 N–H and O–H groups in total. The SMILES string of the molecule is [C-]#[N+]c1ccc(CC(=O)C[C@@H]2C(=O)N(CCO)C[C@H]2c2c(F)cc(C)cc2F)cc1. The van der Waals surface area contributed by atoms with Crippen LogP contribution in [0.4, 0.5) is 14.5 Å². The summed E-state index contributed by atoms with van der Waals surface area (Å²) in [6, 6.07) is 9.01. The average Bonchev–Trinajstić information content (AvgIpc) is 2.97. The minimum Gasteiger partial charge on any atom is -0.395 e. The Hall–Kier alpha value is -3.11. The van der Waals surface area contributed by atoms with Crippen LogP contribution in [0.3, 0.4) is 0 Å². The zero-order chi connectivity index (χ0) is 21.8. The molecule has 0 spiro atoms. The Morgan fingerprint density at radius 2 is 1.87 bits per heavy atom. The molecule has 7 heteroatoms. The highest BCUT2D eigenvalue weighted by atomic mass is 19.1. The number of aliphatic hydroxyl groups excluding tert-OH is 1. The molecule has 0 saturated carbocycles. The summed E-state index contributed by atoms with van der Waals surface area (Å²) in [5, 5.41) is 9.22. The molecule has 0 radical (unpaired) electrons. The van der Waals surface area contributed by atoms with Crippen molar-refractivity contribution in [1.29, 1.82) is 0 Å². The summed E-state index contributed by atoms with van der Waals surface area (Å²) in [6.45, 7) is 8.37. The normalized spacial score (nSPS) is 18.5. The minimum atomic E-state index is -0.890. The van der Waals surface area contributed by atoms with Crippen LogP contribution >= 0.6 is 0 Å². The maximum atomic E-state index is 14.6. The van der Waals surface area contributed by atoms with Crippen LogP contribution in [-0.2, 0) is 16.0 Å². The number of carbonyl (C=O) groups is 2. The number of benzene rings is 2. The topological polar surface area (TPSA) is 62.0 Å². The van der Waals surface area contributed by atoms with Gasteiger partial charge in [0.1, 0.15) is 17.4 Å². The molecule has 1 aliphatic heterocycles. The molecule has 2 aromatic rings. The van der Waals surface area contributed by atoms with E-state index in [1.807, 2.05) is 0 Å². The van der Waals surface area contributed by atoms with E-state index < -0.39 is 23.5 Å². The lowest BCUT2D eigenvalue weighted by atomic mass is 9.83. The van der Waals surface area contributed by atoms with Crippen LogP contribution in [-0.4, -0.2) is 41.4 Å². The quantitative estimate of drug-likeness (QED) is 0.708. The molecule has 1 heterocycles. The second-order valence-corrected chi connectivity index (χ2v) is 7.56. The molecular formula is C23H22F2N2O3. The van der Waals surface area contributed by atoms with Crippen LogP contribution in [0.5, 0.6) is 0 Å². The smallest absolute Gasteiger partial charge is 0.226 e. The first-order chi connectivity index (χ1) is 14.3. The van der Waals surface area contributed by atoms with Gasteiger partial charge >= 0.3 is 0 Å². The predicted molar refractivity (Wildman–Crippen MR) is 107 cm³/mol. The number of aliphatic hydroxyl groups is 1. The fraction of sp³-hybridized carbons (Fsp3) is 0.348. The molecule has 0 unspecified atom stereocenters. The Morgan fingerprint density at radius 3 is 2.43 bits per heavy atom. The molecule has 0 bridgehead atoms. The van der Waals surface area contributed by atoms with Gasteiger partial charge in [-0.3, -0.25) is 9.59 Å². The molecule has 0 aliphatic carbocycles. The van der Waals surface area contributed by atoms with Gasteiger partial charge in [0.25, 0.3) is 0 Å². The van der Waals surface area contributed by atoms with E-state index >= 15 is 0 Å². The first-order valence-electron chi connectivity index (χ1n) is 9.67. The van der Waals surface area contributed by atoms with Gasteiger partial charge in [-0.25, -0.2) is 13.6 Å². The van der Waals surface area contributed by atoms with Gasteiger partial charge in [-0.15, -0.1) is 0 Å². The Morgan fingerprint density at radius 1 is 1.23 bits per heavy atom. The van der Waals surface area contributed by atoms with E-state index in [1.165, 1.54) is 17.0 Å². The van der Waals surface area contributed by atoms with Gasteiger partial charge in [0.15, 0.2) is 5.69 Å². The second-order valence-electron chi connectivity index (χ2n) is 7.56. The summed E-state index contributed by atoms with van der Waals surface area (Å²) in [5.74, 6) is -3.78. The van der Waals surface area contributed by atoms with Gasteiger partial charge in [0.2, 0.25) is 5.91 Å². The Bertz CT molecular complexity index is 975. The number of Topliss-reactive ketones (excluding diaryl/α,β-unsaturated/α-hetero) is 1. The summed E-state index contributed by atoms with van der Waals surface area (Å²) < 4.78 is 29.2. The summed E-state index contributed by atoms with van der Waals surface area (Å²) >= 11 is 0. The number of rotatable bonds is 7. The predicted octanol–water partition coefficient (Wildman–Crippen LogP) is 3.56. The monoisotopic (exact) mass is 412 g/mol. The van der Waals surface area contributed by atoms with Crippen LogP contribution in [0.2, 0.25) is 0 Å². The van der Waals surface area contributed by atoms with E-state index in [0.29, 0.717) is 16.8 Å². The lowest BCUT2D eigenvalue weighted by Crippen LogP contribution is -2.30. The molecule has 1 fully saturated rings. The fourth-order valence-corrected chi connectivity index (χ4v) is 4.00. The number of carbonyl (C=O) groups excluding carboxylic acids is 2. The van der Waals surface area contributed by atoms with Crippen molar-refractivity contribution in [3.05, 3.63) is 76.1 Å². The molecule has 1 aliphatic rings. The van der Waals surface area contributed by atoms with Gasteiger partial charge in [0, 0.05) is 37.4 Å². The zero-order valence-electron chi connectivity index (χ0n) is 16.6. The van der Waals surface area contributed by atoms with Crippen LogP contribution in [0.15, 0.2) is 36.4 Å². The highest BCUT2D eigenvalue weighted by Gasteiger charge is 2.43. The third kappa shape index (κ3) is 4.55. The van der Waals surface area contributed by atoms with Crippen LogP contribution in [0.1, 0.15) is 29.0 Å². The van der Waals surface area contributed by atoms with Gasteiger partial charge in [-0.05, 0) is 30.2 Å². The summed E-state index contributed by atoms with van der Waals surface area (Å²) in [5.41, 5.74) is 1.41. The van der Waals surface area contributed by atoms with Gasteiger partial charge in [-0.2, -0.15) is 0 Å². The van der Waals surface area contributed by atoms with Crippen molar-refractivity contribution in [3.63, 3.8) is 0 Å². The van der Waals surface area contributed by atoms with Crippen molar-refractivity contribution in [2.45, 2.75) is 25.7 Å². The van der Waals surface area contributed by atoms with Crippen molar-refractivity contribution in [2.24, 2.45) is 5.92 Å². The van der Waals surface area contributed by atoms with Gasteiger partial charge in [-0.1, -0.05) is 24.3 Å². The number of β-amino-alcohol motifs (C(OH)–C–C–N with tert-alkyl or cyclic N) is 1. The van der Waals surface area contributed by atoms with Crippen LogP contribution in [0.25, 0.3) is 4.85 Å². The maximum Gasteiger partial charge on any atom is 0.226 e. The Kier molecular flexibility index (Phi) is 6.58. The minimum absolute atomic E-state index is 0.0488. The molecule has 2 aromatic carbocycles. The van der Waals surface area contributed by atoms with Gasteiger partial charge < -0.3 is 10.0 Å². The van der Waals surface area contributed by atoms with Crippen LogP contribution in [0, 0.1) is 31.0 Å². The summed E-state index contributed by atoms with van der Waals surface area (Å²) in [7, 11) is 0. The van der Waals surface area contributed by atoms with Crippen molar-refractivity contribution in [2.75, 3.05) is 19.7 Å². The van der Waals surface area contributed by atoms with Crippen LogP contribution < -0.4 is 0 Å². The highest BCUT2D eigenvalue weighted by Crippen LogP contribution is 2.38. The van der Waals surface area contributed by atoms with E-state index in [-0.39, 0.29) is 49.8 Å². The molecule has 3 rings (SSSR count). The highest BCUT2D eigenvalue weighted by molar-refractivity contribution is 5.90. The largest absolute Gasteiger partial charge is 0.395 e.